The van der Waals surface area contributed by atoms with E-state index in [0.29, 0.717) is 25.1 Å². The highest BCUT2D eigenvalue weighted by Gasteiger charge is 2.29. The first-order valence-corrected chi connectivity index (χ1v) is 11.8. The molecule has 0 heterocycles. The lowest BCUT2D eigenvalue weighted by Crippen LogP contribution is -2.49. The zero-order chi connectivity index (χ0) is 22.8. The Kier molecular flexibility index (Phi) is 8.93. The number of aryl methyl sites for hydroxylation is 1. The molecular formula is C27H30N2O2S. The van der Waals surface area contributed by atoms with E-state index in [1.54, 1.807) is 23.7 Å². The van der Waals surface area contributed by atoms with E-state index >= 15 is 0 Å². The first kappa shape index (κ1) is 23.6. The number of hydrogen-bond acceptors (Lipinski definition) is 3. The zero-order valence-corrected chi connectivity index (χ0v) is 19.5. The fraction of sp³-hybridized carbons (Fsp3) is 0.259. The Morgan fingerprint density at radius 3 is 2.06 bits per heavy atom. The van der Waals surface area contributed by atoms with E-state index in [2.05, 4.69) is 36.5 Å². The molecule has 1 atom stereocenters. The van der Waals surface area contributed by atoms with Gasteiger partial charge in [0.25, 0.3) is 0 Å². The molecule has 2 amide bonds. The van der Waals surface area contributed by atoms with Gasteiger partial charge in [0, 0.05) is 37.1 Å². The Hall–Kier alpha value is -3.05. The maximum Gasteiger partial charge on any atom is 0.242 e. The number of amides is 2. The summed E-state index contributed by atoms with van der Waals surface area (Å²) in [5.41, 5.74) is 3.25. The van der Waals surface area contributed by atoms with Gasteiger partial charge in [0.1, 0.15) is 6.04 Å². The molecule has 0 aromatic heterocycles. The van der Waals surface area contributed by atoms with E-state index in [4.69, 9.17) is 0 Å². The molecule has 3 rings (SSSR count). The van der Waals surface area contributed by atoms with Crippen LogP contribution in [0.4, 0.5) is 0 Å². The average Bonchev–Trinajstić information content (AvgIpc) is 2.83. The number of hydrogen-bond donors (Lipinski definition) is 1. The van der Waals surface area contributed by atoms with Crippen LogP contribution in [0.3, 0.4) is 0 Å². The molecule has 3 aromatic rings. The van der Waals surface area contributed by atoms with Gasteiger partial charge in [0.15, 0.2) is 0 Å². The summed E-state index contributed by atoms with van der Waals surface area (Å²) in [6.45, 7) is 2.46. The molecule has 3 aromatic carbocycles. The summed E-state index contributed by atoms with van der Waals surface area (Å²) in [4.78, 5) is 29.1. The van der Waals surface area contributed by atoms with E-state index < -0.39 is 6.04 Å². The Bertz CT molecular complexity index is 991. The minimum absolute atomic E-state index is 0.0157. The molecule has 5 heteroatoms. The van der Waals surface area contributed by atoms with Crippen molar-refractivity contribution in [2.45, 2.75) is 37.2 Å². The fourth-order valence-electron chi connectivity index (χ4n) is 3.53. The van der Waals surface area contributed by atoms with Crippen molar-refractivity contribution in [3.63, 3.8) is 0 Å². The second-order valence-electron chi connectivity index (χ2n) is 7.74. The lowest BCUT2D eigenvalue weighted by Gasteiger charge is -2.31. The minimum atomic E-state index is -0.570. The molecule has 1 unspecified atom stereocenters. The van der Waals surface area contributed by atoms with Crippen LogP contribution in [-0.4, -0.2) is 35.6 Å². The second-order valence-corrected chi connectivity index (χ2v) is 8.91. The Balaban J connectivity index is 1.77. The van der Waals surface area contributed by atoms with Crippen LogP contribution in [-0.2, 0) is 22.6 Å². The highest BCUT2D eigenvalue weighted by atomic mass is 32.2. The van der Waals surface area contributed by atoms with Crippen LogP contribution < -0.4 is 5.32 Å². The normalized spacial score (nSPS) is 11.6. The van der Waals surface area contributed by atoms with Crippen LogP contribution in [0.1, 0.15) is 23.1 Å². The summed E-state index contributed by atoms with van der Waals surface area (Å²) < 4.78 is 0. The zero-order valence-electron chi connectivity index (χ0n) is 18.7. The van der Waals surface area contributed by atoms with Gasteiger partial charge in [0.05, 0.1) is 0 Å². The molecule has 0 aliphatic heterocycles. The highest BCUT2D eigenvalue weighted by Crippen LogP contribution is 2.21. The third kappa shape index (κ3) is 6.99. The number of carbonyl (C=O) groups is 2. The van der Waals surface area contributed by atoms with Crippen molar-refractivity contribution in [2.75, 3.05) is 12.8 Å². The van der Waals surface area contributed by atoms with Gasteiger partial charge in [-0.3, -0.25) is 9.59 Å². The van der Waals surface area contributed by atoms with Crippen molar-refractivity contribution in [1.29, 1.82) is 0 Å². The van der Waals surface area contributed by atoms with Crippen LogP contribution in [0, 0.1) is 6.92 Å². The lowest BCUT2D eigenvalue weighted by atomic mass is 10.0. The van der Waals surface area contributed by atoms with Crippen LogP contribution in [0.15, 0.2) is 89.8 Å². The van der Waals surface area contributed by atoms with Gasteiger partial charge in [0.2, 0.25) is 11.8 Å². The number of likely N-dealkylation sites (N-methyl/N-ethyl adjacent to an activating group) is 1. The number of thioether (sulfide) groups is 1. The van der Waals surface area contributed by atoms with Gasteiger partial charge in [-0.2, -0.15) is 0 Å². The summed E-state index contributed by atoms with van der Waals surface area (Å²) in [6.07, 6.45) is 0.845. The molecular weight excluding hydrogens is 416 g/mol. The number of carbonyl (C=O) groups excluding carboxylic acids is 2. The average molecular weight is 447 g/mol. The molecule has 0 aliphatic carbocycles. The Morgan fingerprint density at radius 2 is 1.47 bits per heavy atom. The summed E-state index contributed by atoms with van der Waals surface area (Å²) in [6, 6.07) is 27.4. The molecule has 166 valence electrons. The monoisotopic (exact) mass is 446 g/mol. The molecule has 4 nitrogen and oxygen atoms in total. The van der Waals surface area contributed by atoms with Gasteiger partial charge in [-0.25, -0.2) is 0 Å². The first-order chi connectivity index (χ1) is 15.6. The minimum Gasteiger partial charge on any atom is -0.357 e. The third-order valence-electron chi connectivity index (χ3n) is 5.32. The molecule has 0 aliphatic rings. The van der Waals surface area contributed by atoms with Crippen molar-refractivity contribution in [1.82, 2.24) is 10.2 Å². The van der Waals surface area contributed by atoms with E-state index in [0.717, 1.165) is 16.0 Å². The van der Waals surface area contributed by atoms with E-state index in [1.807, 2.05) is 60.7 Å². The van der Waals surface area contributed by atoms with Gasteiger partial charge in [-0.1, -0.05) is 78.4 Å². The fourth-order valence-corrected chi connectivity index (χ4v) is 4.38. The van der Waals surface area contributed by atoms with Crippen LogP contribution >= 0.6 is 11.8 Å². The Labute approximate surface area is 195 Å². The summed E-state index contributed by atoms with van der Waals surface area (Å²) in [5, 5.41) is 2.76. The highest BCUT2D eigenvalue weighted by molar-refractivity contribution is 7.99. The van der Waals surface area contributed by atoms with Gasteiger partial charge >= 0.3 is 0 Å². The maximum atomic E-state index is 13.4. The van der Waals surface area contributed by atoms with E-state index in [9.17, 15) is 9.59 Å². The van der Waals surface area contributed by atoms with Crippen molar-refractivity contribution in [3.8, 4) is 0 Å². The molecule has 0 saturated carbocycles. The van der Waals surface area contributed by atoms with Crippen molar-refractivity contribution >= 4 is 23.6 Å². The molecule has 0 bridgehead atoms. The van der Waals surface area contributed by atoms with Gasteiger partial charge < -0.3 is 10.2 Å². The molecule has 0 saturated heterocycles. The summed E-state index contributed by atoms with van der Waals surface area (Å²) in [5.74, 6) is 0.501. The van der Waals surface area contributed by atoms with Crippen molar-refractivity contribution < 1.29 is 9.59 Å². The SMILES string of the molecule is CNC(=O)C(Cc1ccccc1)N(Cc1ccccc1)C(=O)CCSc1ccc(C)cc1. The maximum absolute atomic E-state index is 13.4. The predicted octanol–water partition coefficient (Wildman–Crippen LogP) is 4.86. The topological polar surface area (TPSA) is 49.4 Å². The third-order valence-corrected chi connectivity index (χ3v) is 6.33. The molecule has 0 fully saturated rings. The number of rotatable bonds is 10. The van der Waals surface area contributed by atoms with Crippen LogP contribution in [0.5, 0.6) is 0 Å². The standard InChI is InChI=1S/C27H30N2O2S/c1-21-13-15-24(16-14-21)32-18-17-26(30)29(20-23-11-7-4-8-12-23)25(27(31)28-2)19-22-9-5-3-6-10-22/h3-16,25H,17-20H2,1-2H3,(H,28,31). The molecule has 0 spiro atoms. The number of nitrogens with one attached hydrogen (secondary N) is 1. The molecule has 1 N–H and O–H groups in total. The first-order valence-electron chi connectivity index (χ1n) is 10.8. The number of benzene rings is 3. The van der Waals surface area contributed by atoms with Crippen LogP contribution in [0.25, 0.3) is 0 Å². The molecule has 0 radical (unpaired) electrons. The predicted molar refractivity (Wildman–Crippen MR) is 132 cm³/mol. The summed E-state index contributed by atoms with van der Waals surface area (Å²) in [7, 11) is 1.62. The molecule has 32 heavy (non-hydrogen) atoms. The largest absolute Gasteiger partial charge is 0.357 e. The van der Waals surface area contributed by atoms with E-state index in [-0.39, 0.29) is 11.8 Å². The van der Waals surface area contributed by atoms with E-state index in [1.165, 1.54) is 5.56 Å². The van der Waals surface area contributed by atoms with Crippen molar-refractivity contribution in [2.24, 2.45) is 0 Å². The Morgan fingerprint density at radius 1 is 0.875 bits per heavy atom. The van der Waals surface area contributed by atoms with Crippen LogP contribution in [0.2, 0.25) is 0 Å². The second kappa shape index (κ2) is 12.1. The van der Waals surface area contributed by atoms with Gasteiger partial charge in [-0.05, 0) is 30.2 Å². The summed E-state index contributed by atoms with van der Waals surface area (Å²) >= 11 is 1.66. The van der Waals surface area contributed by atoms with Gasteiger partial charge in [-0.15, -0.1) is 11.8 Å². The van der Waals surface area contributed by atoms with Crippen molar-refractivity contribution in [3.05, 3.63) is 102 Å². The lowest BCUT2D eigenvalue weighted by molar-refractivity contribution is -0.140. The smallest absolute Gasteiger partial charge is 0.242 e. The quantitative estimate of drug-likeness (QED) is 0.452. The number of nitrogens with zero attached hydrogens (tertiary/aromatic N) is 1.